The molecule has 0 bridgehead atoms. The highest BCUT2D eigenvalue weighted by molar-refractivity contribution is 5.96. The normalized spacial score (nSPS) is 17.7. The van der Waals surface area contributed by atoms with Gasteiger partial charge in [-0.2, -0.15) is 5.26 Å². The highest BCUT2D eigenvalue weighted by Gasteiger charge is 2.53. The van der Waals surface area contributed by atoms with Gasteiger partial charge in [0, 0.05) is 25.8 Å². The molecule has 1 spiro atoms. The molecule has 2 aromatic heterocycles. The van der Waals surface area contributed by atoms with Crippen LogP contribution in [0.4, 0.5) is 10.2 Å². The van der Waals surface area contributed by atoms with Crippen LogP contribution in [0.3, 0.4) is 0 Å². The monoisotopic (exact) mass is 376 g/mol. The first-order valence-electron chi connectivity index (χ1n) is 9.16. The maximum absolute atomic E-state index is 14.4. The number of piperazine rings is 1. The van der Waals surface area contributed by atoms with Crippen molar-refractivity contribution in [2.45, 2.75) is 18.4 Å². The Morgan fingerprint density at radius 1 is 1.25 bits per heavy atom. The molecule has 2 fully saturated rings. The first kappa shape index (κ1) is 16.7. The van der Waals surface area contributed by atoms with E-state index in [1.807, 2.05) is 18.3 Å². The number of anilines is 1. The van der Waals surface area contributed by atoms with Crippen molar-refractivity contribution in [3.05, 3.63) is 53.7 Å². The number of H-pyrrole nitrogens is 1. The summed E-state index contributed by atoms with van der Waals surface area (Å²) in [5.74, 6) is -0.102. The van der Waals surface area contributed by atoms with Crippen LogP contribution in [0, 0.1) is 17.1 Å². The van der Waals surface area contributed by atoms with Gasteiger partial charge in [-0.3, -0.25) is 4.79 Å². The number of carbonyl (C=O) groups excluding carboxylic acids is 1. The van der Waals surface area contributed by atoms with Gasteiger partial charge in [-0.25, -0.2) is 14.4 Å². The number of hydrogen-bond acceptors (Lipinski definition) is 5. The third-order valence-electron chi connectivity index (χ3n) is 5.68. The zero-order valence-corrected chi connectivity index (χ0v) is 15.0. The van der Waals surface area contributed by atoms with Gasteiger partial charge >= 0.3 is 0 Å². The summed E-state index contributed by atoms with van der Waals surface area (Å²) in [5.41, 5.74) is 0.726. The first-order valence-corrected chi connectivity index (χ1v) is 9.16. The van der Waals surface area contributed by atoms with E-state index in [1.54, 1.807) is 4.90 Å². The number of benzene rings is 1. The van der Waals surface area contributed by atoms with E-state index in [4.69, 9.17) is 5.26 Å². The number of nitrogens with one attached hydrogen (secondary N) is 1. The van der Waals surface area contributed by atoms with Crippen LogP contribution in [-0.2, 0) is 0 Å². The van der Waals surface area contributed by atoms with E-state index >= 15 is 0 Å². The fourth-order valence-corrected chi connectivity index (χ4v) is 4.06. The van der Waals surface area contributed by atoms with Crippen LogP contribution in [0.1, 0.15) is 28.8 Å². The largest absolute Gasteiger partial charge is 0.352 e. The van der Waals surface area contributed by atoms with Crippen molar-refractivity contribution in [1.29, 1.82) is 5.26 Å². The second-order valence-corrected chi connectivity index (χ2v) is 7.35. The van der Waals surface area contributed by atoms with Crippen LogP contribution in [0.15, 0.2) is 36.8 Å². The van der Waals surface area contributed by atoms with E-state index < -0.39 is 5.82 Å². The molecule has 0 atom stereocenters. The van der Waals surface area contributed by atoms with Gasteiger partial charge in [-0.05, 0) is 37.1 Å². The maximum atomic E-state index is 14.4. The molecular formula is C20H17FN6O. The Labute approximate surface area is 160 Å². The van der Waals surface area contributed by atoms with Crippen molar-refractivity contribution in [3.8, 4) is 6.07 Å². The predicted octanol–water partition coefficient (Wildman–Crippen LogP) is 2.46. The van der Waals surface area contributed by atoms with Crippen molar-refractivity contribution < 1.29 is 9.18 Å². The molecule has 3 heterocycles. The minimum atomic E-state index is -0.646. The molecule has 1 aliphatic heterocycles. The molecule has 0 unspecified atom stereocenters. The maximum Gasteiger partial charge on any atom is 0.257 e. The molecule has 1 aromatic carbocycles. The van der Waals surface area contributed by atoms with Gasteiger partial charge in [-0.15, -0.1) is 0 Å². The molecule has 1 saturated carbocycles. The average Bonchev–Trinajstić information content (AvgIpc) is 3.29. The van der Waals surface area contributed by atoms with Crippen LogP contribution >= 0.6 is 0 Å². The number of carbonyl (C=O) groups is 1. The van der Waals surface area contributed by atoms with Crippen LogP contribution in [0.5, 0.6) is 0 Å². The van der Waals surface area contributed by atoms with Gasteiger partial charge in [-0.1, -0.05) is 0 Å². The summed E-state index contributed by atoms with van der Waals surface area (Å²) in [7, 11) is 0. The zero-order chi connectivity index (χ0) is 19.3. The molecule has 140 valence electrons. The molecule has 0 radical (unpaired) electrons. The Bertz CT molecular complexity index is 1130. The third-order valence-corrected chi connectivity index (χ3v) is 5.68. The minimum absolute atomic E-state index is 0.0220. The third kappa shape index (κ3) is 2.51. The lowest BCUT2D eigenvalue weighted by atomic mass is 10.1. The van der Waals surface area contributed by atoms with Crippen molar-refractivity contribution in [2.75, 3.05) is 24.5 Å². The zero-order valence-electron chi connectivity index (χ0n) is 15.0. The smallest absolute Gasteiger partial charge is 0.257 e. The van der Waals surface area contributed by atoms with Crippen LogP contribution in [0.25, 0.3) is 11.0 Å². The van der Waals surface area contributed by atoms with Crippen molar-refractivity contribution >= 4 is 22.8 Å². The van der Waals surface area contributed by atoms with E-state index in [0.29, 0.717) is 19.6 Å². The summed E-state index contributed by atoms with van der Waals surface area (Å²) < 4.78 is 14.4. The highest BCUT2D eigenvalue weighted by atomic mass is 19.1. The van der Waals surface area contributed by atoms with Crippen molar-refractivity contribution in [1.82, 2.24) is 19.9 Å². The number of amides is 1. The van der Waals surface area contributed by atoms with Gasteiger partial charge in [0.15, 0.2) is 0 Å². The van der Waals surface area contributed by atoms with E-state index in [2.05, 4.69) is 19.9 Å². The summed E-state index contributed by atoms with van der Waals surface area (Å²) in [4.78, 5) is 28.8. The molecule has 28 heavy (non-hydrogen) atoms. The molecule has 1 N–H and O–H groups in total. The Hall–Kier alpha value is -3.47. The van der Waals surface area contributed by atoms with E-state index in [9.17, 15) is 9.18 Å². The predicted molar refractivity (Wildman–Crippen MR) is 100 cm³/mol. The van der Waals surface area contributed by atoms with Crippen LogP contribution in [0.2, 0.25) is 0 Å². The van der Waals surface area contributed by atoms with E-state index in [0.717, 1.165) is 35.8 Å². The Morgan fingerprint density at radius 3 is 2.86 bits per heavy atom. The van der Waals surface area contributed by atoms with Crippen molar-refractivity contribution in [2.24, 2.45) is 0 Å². The fraction of sp³-hybridized carbons (Fsp3) is 0.300. The van der Waals surface area contributed by atoms with Gasteiger partial charge in [0.05, 0.1) is 28.1 Å². The Kier molecular flexibility index (Phi) is 3.59. The molecule has 3 aromatic rings. The molecule has 1 saturated heterocycles. The fourth-order valence-electron chi connectivity index (χ4n) is 4.06. The lowest BCUT2D eigenvalue weighted by molar-refractivity contribution is 0.0619. The molecule has 5 rings (SSSR count). The van der Waals surface area contributed by atoms with Gasteiger partial charge in [0.25, 0.3) is 5.91 Å². The number of nitrogens with zero attached hydrogens (tertiary/aromatic N) is 5. The number of rotatable bonds is 2. The SMILES string of the molecule is N#Cc1ccc(C(=O)N2CCN(c3ncnc4[nH]ccc34)CC23CC3)c(F)c1. The minimum Gasteiger partial charge on any atom is -0.352 e. The molecule has 1 amide bonds. The standard InChI is InChI=1S/C20H17FN6O/c21-16-9-13(10-22)1-2-14(16)19(28)27-8-7-26(11-20(27)4-5-20)18-15-3-6-23-17(15)24-12-25-18/h1-3,6,9,12H,4-5,7-8,11H2,(H,23,24,25). The molecule has 2 aliphatic rings. The number of halogens is 1. The Morgan fingerprint density at radius 2 is 2.11 bits per heavy atom. The summed E-state index contributed by atoms with van der Waals surface area (Å²) in [6, 6.07) is 7.85. The quantitative estimate of drug-likeness (QED) is 0.742. The van der Waals surface area contributed by atoms with Gasteiger partial charge < -0.3 is 14.8 Å². The lowest BCUT2D eigenvalue weighted by Gasteiger charge is -2.42. The molecule has 7 nitrogen and oxygen atoms in total. The highest BCUT2D eigenvalue weighted by Crippen LogP contribution is 2.46. The summed E-state index contributed by atoms with van der Waals surface area (Å²) in [5, 5.41) is 9.86. The molecular weight excluding hydrogens is 359 g/mol. The van der Waals surface area contributed by atoms with E-state index in [-0.39, 0.29) is 22.6 Å². The summed E-state index contributed by atoms with van der Waals surface area (Å²) in [6.07, 6.45) is 5.14. The molecule has 1 aliphatic carbocycles. The second-order valence-electron chi connectivity index (χ2n) is 7.35. The van der Waals surface area contributed by atoms with Crippen molar-refractivity contribution in [3.63, 3.8) is 0 Å². The topological polar surface area (TPSA) is 88.9 Å². The van der Waals surface area contributed by atoms with Gasteiger partial charge in [0.2, 0.25) is 0 Å². The number of nitriles is 1. The van der Waals surface area contributed by atoms with Crippen LogP contribution in [-0.4, -0.2) is 50.9 Å². The van der Waals surface area contributed by atoms with E-state index in [1.165, 1.54) is 18.5 Å². The van der Waals surface area contributed by atoms with Gasteiger partial charge in [0.1, 0.15) is 23.6 Å². The number of aromatic nitrogens is 3. The first-order chi connectivity index (χ1) is 13.6. The number of hydrogen-bond donors (Lipinski definition) is 1. The summed E-state index contributed by atoms with van der Waals surface area (Å²) in [6.45, 7) is 1.77. The molecule has 8 heteroatoms. The lowest BCUT2D eigenvalue weighted by Crippen LogP contribution is -2.57. The van der Waals surface area contributed by atoms with Crippen LogP contribution < -0.4 is 4.90 Å². The summed E-state index contributed by atoms with van der Waals surface area (Å²) >= 11 is 0. The number of fused-ring (bicyclic) bond motifs is 1. The second kappa shape index (κ2) is 6.02. The number of aromatic amines is 1. The Balaban J connectivity index is 1.42. The average molecular weight is 376 g/mol.